The molecule has 2 saturated heterocycles. The highest BCUT2D eigenvalue weighted by atomic mass is 16.6. The zero-order chi connectivity index (χ0) is 82.2. The summed E-state index contributed by atoms with van der Waals surface area (Å²) in [4.78, 5) is 126. The van der Waals surface area contributed by atoms with Crippen molar-refractivity contribution in [3.05, 3.63) is 50.6 Å². The number of methoxy groups -OCH3 is 2. The van der Waals surface area contributed by atoms with Crippen LogP contribution in [0.15, 0.2) is 50.6 Å². The summed E-state index contributed by atoms with van der Waals surface area (Å²) in [5.41, 5.74) is -2.61. The highest BCUT2D eigenvalue weighted by molar-refractivity contribution is 5.90. The molecule has 0 aromatic heterocycles. The van der Waals surface area contributed by atoms with E-state index in [1.54, 1.807) is 101 Å². The van der Waals surface area contributed by atoms with Crippen molar-refractivity contribution < 1.29 is 116 Å². The molecule has 612 valence electrons. The van der Waals surface area contributed by atoms with Gasteiger partial charge in [-0.3, -0.25) is 38.4 Å². The van der Waals surface area contributed by atoms with Crippen LogP contribution in [0.25, 0.3) is 0 Å². The smallest absolute Gasteiger partial charge is 0.328 e. The van der Waals surface area contributed by atoms with E-state index in [0.717, 1.165) is 49.8 Å². The van der Waals surface area contributed by atoms with E-state index < -0.39 is 148 Å². The molecule has 0 aromatic rings. The number of β-amino-alcohol motifs (C(OH)–C–C–N with tert-alkyl or cyclic N) is 2. The van der Waals surface area contributed by atoms with Gasteiger partial charge in [0.2, 0.25) is 11.8 Å². The number of hydrogen-bond donors (Lipinski definition) is 4. The number of carboxylic acid groups (broad SMARTS) is 2. The first-order chi connectivity index (χ1) is 49.1. The Balaban J connectivity index is 0. The average molecular weight is 1510 g/mol. The van der Waals surface area contributed by atoms with Crippen LogP contribution in [-0.4, -0.2) is 213 Å². The van der Waals surface area contributed by atoms with Crippen LogP contribution in [0.5, 0.6) is 0 Å². The Labute approximate surface area is 633 Å². The van der Waals surface area contributed by atoms with Gasteiger partial charge in [-0.1, -0.05) is 52.0 Å². The predicted molar refractivity (Wildman–Crippen MR) is 404 cm³/mol. The molecule has 0 radical (unpaired) electrons. The number of nitrogens with zero attached hydrogens (tertiary/aromatic N) is 2. The Morgan fingerprint density at radius 3 is 0.915 bits per heavy atom. The van der Waals surface area contributed by atoms with E-state index in [9.17, 15) is 68.4 Å². The first kappa shape index (κ1) is 101. The van der Waals surface area contributed by atoms with Crippen molar-refractivity contribution in [1.29, 1.82) is 0 Å². The Morgan fingerprint density at radius 1 is 0.415 bits per heavy atom. The predicted octanol–water partition coefficient (Wildman–Crippen LogP) is 12.4. The van der Waals surface area contributed by atoms with Crippen LogP contribution < -0.4 is 0 Å². The topological polar surface area (TPSA) is 350 Å². The fourth-order valence-electron chi connectivity index (χ4n) is 11.8. The third kappa shape index (κ3) is 42.8. The molecular formula is C80H138N2O24. The van der Waals surface area contributed by atoms with Gasteiger partial charge in [-0.05, 0) is 188 Å². The van der Waals surface area contributed by atoms with Crippen LogP contribution in [0.3, 0.4) is 0 Å². The molecule has 2 rings (SSSR count). The second kappa shape index (κ2) is 50.9. The number of aliphatic hydroxyl groups is 2. The van der Waals surface area contributed by atoms with Gasteiger partial charge >= 0.3 is 47.8 Å². The number of carbonyl (C=O) groups is 10. The van der Waals surface area contributed by atoms with Gasteiger partial charge in [0, 0.05) is 25.9 Å². The molecule has 0 aromatic carbocycles. The summed E-state index contributed by atoms with van der Waals surface area (Å²) in [7, 11) is 2.56. The summed E-state index contributed by atoms with van der Waals surface area (Å²) >= 11 is 0. The molecule has 2 aliphatic heterocycles. The molecule has 4 N–H and O–H groups in total. The first-order valence-corrected chi connectivity index (χ1v) is 37.6. The Bertz CT molecular complexity index is 2710. The maximum Gasteiger partial charge on any atom is 0.328 e. The number of likely N-dealkylation sites (tertiary alicyclic amines) is 2. The van der Waals surface area contributed by atoms with Crippen molar-refractivity contribution in [2.45, 2.75) is 350 Å². The number of carboxylic acids is 2. The van der Waals surface area contributed by atoms with Gasteiger partial charge in [0.05, 0.1) is 125 Å². The number of aliphatic carboxylic acids is 2. The Morgan fingerprint density at radius 2 is 0.670 bits per heavy atom. The normalized spacial score (nSPS) is 19.3. The highest BCUT2D eigenvalue weighted by Gasteiger charge is 2.47. The minimum Gasteiger partial charge on any atom is -0.481 e. The van der Waals surface area contributed by atoms with E-state index in [4.69, 9.17) is 47.4 Å². The maximum atomic E-state index is 13.5. The summed E-state index contributed by atoms with van der Waals surface area (Å²) < 4.78 is 55.0. The van der Waals surface area contributed by atoms with Gasteiger partial charge in [0.25, 0.3) is 0 Å². The molecule has 2 heterocycles. The van der Waals surface area contributed by atoms with Crippen molar-refractivity contribution in [3.63, 3.8) is 0 Å². The number of esters is 6. The van der Waals surface area contributed by atoms with Crippen molar-refractivity contribution >= 4 is 59.6 Å². The van der Waals surface area contributed by atoms with Gasteiger partial charge in [0.1, 0.15) is 34.5 Å². The number of hydrogen-bond acceptors (Lipinski definition) is 22. The van der Waals surface area contributed by atoms with Crippen molar-refractivity contribution in [2.24, 2.45) is 23.7 Å². The summed E-state index contributed by atoms with van der Waals surface area (Å²) in [5, 5.41) is 38.9. The van der Waals surface area contributed by atoms with E-state index in [0.29, 0.717) is 32.1 Å². The van der Waals surface area contributed by atoms with Crippen LogP contribution in [0.4, 0.5) is 0 Å². The van der Waals surface area contributed by atoms with Crippen molar-refractivity contribution in [3.8, 4) is 0 Å². The lowest BCUT2D eigenvalue weighted by molar-refractivity contribution is -0.166. The van der Waals surface area contributed by atoms with Crippen LogP contribution in [0, 0.1) is 23.7 Å². The SMILES string of the molecule is C=CCC[C@@H](C)O[C@@H](CC)[C@H](CC(=O)OC(C)(C)C)C(=O)N1C[C@H](O)C[C@H]1C(=O)O.C=CCC[C@@H](C)O[C@@H](CC)[C@H](CC(=O)OC(C)(C)C)C(=O)N1C[C@H](O)C[C@H]1C(=O)OC.C=CCC[C@@H](C)O[C@@H](CC)[C@H](CC(=O)OC(C)(C)C)C(=O)O.C=CCC[C@@H](C)O[C@@H](CC)[C@H](CC(=O)OC(C)(C)C)C(=O)OC. The van der Waals surface area contributed by atoms with Gasteiger partial charge in [-0.2, -0.15) is 0 Å². The molecule has 0 spiro atoms. The van der Waals surface area contributed by atoms with Gasteiger partial charge in [-0.15, -0.1) is 26.3 Å². The zero-order valence-corrected chi connectivity index (χ0v) is 68.4. The quantitative estimate of drug-likeness (QED) is 0.0250. The molecule has 106 heavy (non-hydrogen) atoms. The number of ether oxygens (including phenoxy) is 10. The largest absolute Gasteiger partial charge is 0.481 e. The third-order valence-corrected chi connectivity index (χ3v) is 16.7. The van der Waals surface area contributed by atoms with E-state index in [1.165, 1.54) is 19.1 Å². The molecule has 0 saturated carbocycles. The lowest BCUT2D eigenvalue weighted by Crippen LogP contribution is -2.48. The molecule has 26 heteroatoms. The number of carbonyl (C=O) groups excluding carboxylic acids is 8. The third-order valence-electron chi connectivity index (χ3n) is 16.7. The van der Waals surface area contributed by atoms with Gasteiger partial charge in [-0.25, -0.2) is 9.59 Å². The van der Waals surface area contributed by atoms with Crippen LogP contribution >= 0.6 is 0 Å². The first-order valence-electron chi connectivity index (χ1n) is 37.6. The molecular weight excluding hydrogens is 1370 g/mol. The van der Waals surface area contributed by atoms with Crippen molar-refractivity contribution in [2.75, 3.05) is 27.3 Å². The zero-order valence-electron chi connectivity index (χ0n) is 68.4. The molecule has 2 fully saturated rings. The second-order valence-corrected chi connectivity index (χ2v) is 31.1. The second-order valence-electron chi connectivity index (χ2n) is 31.1. The minimum absolute atomic E-state index is 0.00582. The van der Waals surface area contributed by atoms with Crippen LogP contribution in [0.1, 0.15) is 254 Å². The summed E-state index contributed by atoms with van der Waals surface area (Å²) in [6, 6.07) is -2.01. The van der Waals surface area contributed by atoms with Crippen molar-refractivity contribution in [1.82, 2.24) is 9.80 Å². The number of amides is 2. The van der Waals surface area contributed by atoms with E-state index >= 15 is 0 Å². The fraction of sp³-hybridized carbons (Fsp3) is 0.775. The molecule has 0 bridgehead atoms. The molecule has 16 atom stereocenters. The van der Waals surface area contributed by atoms with Gasteiger partial charge in [0.15, 0.2) is 0 Å². The summed E-state index contributed by atoms with van der Waals surface area (Å²) in [6.07, 6.45) is 10.8. The van der Waals surface area contributed by atoms with Crippen LogP contribution in [-0.2, 0) is 95.3 Å². The molecule has 0 unspecified atom stereocenters. The molecule has 0 aliphatic carbocycles. The van der Waals surface area contributed by atoms with E-state index in [-0.39, 0.29) is 82.1 Å². The fourth-order valence-corrected chi connectivity index (χ4v) is 11.8. The Kier molecular flexibility index (Phi) is 48.8. The summed E-state index contributed by atoms with van der Waals surface area (Å²) in [6.45, 7) is 51.0. The molecule has 2 amide bonds. The number of allylic oxidation sites excluding steroid dienone is 4. The highest BCUT2D eigenvalue weighted by Crippen LogP contribution is 2.32. The van der Waals surface area contributed by atoms with Gasteiger partial charge < -0.3 is 77.6 Å². The standard InChI is InChI=1S/C23H39NO7.C22H37NO7.C18H32O5.C17H30O5/c1-8-10-11-15(3)30-19(9-2)17(13-20(26)31-23(4,5)6)21(27)24-14-16(25)12-18(24)22(28)29-7;1-7-9-10-14(3)29-18(8-2)16(12-19(25)30-22(4,5)6)20(26)23-13-15(24)11-17(23)21(27)28;1-8-10-11-13(3)22-15(9-2)14(17(20)21-7)12-16(19)23-18(4,5)6;1-7-9-10-12(3)21-14(8-2)13(16(19)20)11-15(18)22-17(4,5)6/h8,15-19,25H,1,9-14H2,2-7H3;7,14-18,24H,1,8-13H2,2-6H3,(H,27,28);8,13-15H,1,9-12H2,2-7H3;7,12-14H,1,8-11H2,2-6H3,(H,19,20)/t15-,16-,17+,18+,19+;14-,15-,16+,17+,18+;13-,14+,15+;12-,13+,14+/m1111/s1. The van der Waals surface area contributed by atoms with E-state index in [1.807, 2.05) is 61.5 Å². The molecule has 2 aliphatic rings. The summed E-state index contributed by atoms with van der Waals surface area (Å²) in [5.74, 6) is -9.47. The average Bonchev–Trinajstić information content (AvgIpc) is 1.64. The molecule has 26 nitrogen and oxygen atoms in total. The minimum atomic E-state index is -1.18. The maximum absolute atomic E-state index is 13.5. The number of rotatable bonds is 42. The monoisotopic (exact) mass is 1510 g/mol. The van der Waals surface area contributed by atoms with Crippen LogP contribution in [0.2, 0.25) is 0 Å². The lowest BCUT2D eigenvalue weighted by Gasteiger charge is -2.33. The number of aliphatic hydroxyl groups excluding tert-OH is 2. The Hall–Kier alpha value is -6.58. The lowest BCUT2D eigenvalue weighted by atomic mass is 9.93. The van der Waals surface area contributed by atoms with E-state index in [2.05, 4.69) is 26.3 Å².